The molecule has 3 amide bonds. The van der Waals surface area contributed by atoms with Gasteiger partial charge in [0.2, 0.25) is 5.91 Å². The minimum Gasteiger partial charge on any atom is -0.354 e. The maximum absolute atomic E-state index is 11.5. The summed E-state index contributed by atoms with van der Waals surface area (Å²) in [5.74, 6) is 0.305. The molecule has 1 rings (SSSR count). The Bertz CT molecular complexity index is 248. The van der Waals surface area contributed by atoms with Gasteiger partial charge in [-0.25, -0.2) is 4.79 Å². The van der Waals surface area contributed by atoms with Gasteiger partial charge in [-0.15, -0.1) is 0 Å². The second-order valence-corrected chi connectivity index (χ2v) is 4.55. The summed E-state index contributed by atoms with van der Waals surface area (Å²) < 4.78 is 0. The molecule has 0 saturated carbocycles. The van der Waals surface area contributed by atoms with Crippen LogP contribution in [-0.2, 0) is 4.79 Å². The summed E-state index contributed by atoms with van der Waals surface area (Å²) in [4.78, 5) is 24.6. The van der Waals surface area contributed by atoms with Gasteiger partial charge in [-0.3, -0.25) is 4.79 Å². The molecule has 0 aromatic heterocycles. The molecule has 5 nitrogen and oxygen atoms in total. The summed E-state index contributed by atoms with van der Waals surface area (Å²) >= 11 is 0. The zero-order chi connectivity index (χ0) is 12.0. The number of amides is 3. The fourth-order valence-electron chi connectivity index (χ4n) is 1.57. The lowest BCUT2D eigenvalue weighted by molar-refractivity contribution is -0.120. The smallest absolute Gasteiger partial charge is 0.317 e. The van der Waals surface area contributed by atoms with Crippen molar-refractivity contribution in [3.05, 3.63) is 0 Å². The van der Waals surface area contributed by atoms with E-state index in [2.05, 4.69) is 10.6 Å². The number of hydrogen-bond donors (Lipinski definition) is 2. The number of rotatable bonds is 4. The molecule has 5 heteroatoms. The van der Waals surface area contributed by atoms with E-state index in [0.717, 1.165) is 25.9 Å². The monoisotopic (exact) mass is 227 g/mol. The second-order valence-electron chi connectivity index (χ2n) is 4.55. The minimum absolute atomic E-state index is 0.0715. The first-order valence-electron chi connectivity index (χ1n) is 5.89. The van der Waals surface area contributed by atoms with Crippen molar-refractivity contribution in [3.8, 4) is 0 Å². The fourth-order valence-corrected chi connectivity index (χ4v) is 1.57. The van der Waals surface area contributed by atoms with Crippen LogP contribution in [-0.4, -0.2) is 43.0 Å². The topological polar surface area (TPSA) is 61.4 Å². The molecule has 0 aliphatic carbocycles. The van der Waals surface area contributed by atoms with Crippen LogP contribution in [0.2, 0.25) is 0 Å². The predicted octanol–water partition coefficient (Wildman–Crippen LogP) is 0.564. The molecule has 16 heavy (non-hydrogen) atoms. The third kappa shape index (κ3) is 4.51. The van der Waals surface area contributed by atoms with Crippen LogP contribution in [0.15, 0.2) is 0 Å². The molecule has 0 aromatic rings. The van der Waals surface area contributed by atoms with Gasteiger partial charge in [0.05, 0.1) is 6.54 Å². The van der Waals surface area contributed by atoms with Crippen molar-refractivity contribution < 1.29 is 9.59 Å². The summed E-state index contributed by atoms with van der Waals surface area (Å²) in [6.45, 7) is 6.39. The molecule has 0 radical (unpaired) electrons. The molecule has 1 aliphatic heterocycles. The van der Waals surface area contributed by atoms with Crippen LogP contribution in [0.5, 0.6) is 0 Å². The summed E-state index contributed by atoms with van der Waals surface area (Å²) in [5.41, 5.74) is 0. The van der Waals surface area contributed by atoms with Crippen LogP contribution in [0.25, 0.3) is 0 Å². The van der Waals surface area contributed by atoms with Crippen molar-refractivity contribution in [1.29, 1.82) is 0 Å². The number of urea groups is 1. The van der Waals surface area contributed by atoms with Crippen molar-refractivity contribution in [2.24, 2.45) is 5.92 Å². The van der Waals surface area contributed by atoms with Crippen molar-refractivity contribution in [3.63, 3.8) is 0 Å². The molecule has 0 unspecified atom stereocenters. The Kier molecular flexibility index (Phi) is 5.08. The second kappa shape index (κ2) is 6.35. The summed E-state index contributed by atoms with van der Waals surface area (Å²) in [6.07, 6.45) is 2.12. The van der Waals surface area contributed by atoms with E-state index in [0.29, 0.717) is 12.5 Å². The third-order valence-corrected chi connectivity index (χ3v) is 2.50. The van der Waals surface area contributed by atoms with Gasteiger partial charge < -0.3 is 15.5 Å². The van der Waals surface area contributed by atoms with Crippen LogP contribution >= 0.6 is 0 Å². The van der Waals surface area contributed by atoms with Crippen LogP contribution in [0.4, 0.5) is 4.79 Å². The molecule has 1 saturated heterocycles. The highest BCUT2D eigenvalue weighted by Crippen LogP contribution is 2.06. The van der Waals surface area contributed by atoms with Gasteiger partial charge in [0.15, 0.2) is 0 Å². The number of carbonyl (C=O) groups is 2. The van der Waals surface area contributed by atoms with E-state index in [1.165, 1.54) is 0 Å². The first kappa shape index (κ1) is 12.8. The number of nitrogens with one attached hydrogen (secondary N) is 2. The molecule has 0 bridgehead atoms. The molecule has 92 valence electrons. The first-order chi connectivity index (χ1) is 7.59. The quantitative estimate of drug-likeness (QED) is 0.737. The van der Waals surface area contributed by atoms with Crippen molar-refractivity contribution in [2.45, 2.75) is 26.7 Å². The van der Waals surface area contributed by atoms with E-state index in [1.807, 2.05) is 13.8 Å². The fraction of sp³-hybridized carbons (Fsp3) is 0.818. The van der Waals surface area contributed by atoms with E-state index in [1.54, 1.807) is 4.90 Å². The maximum Gasteiger partial charge on any atom is 0.317 e. The molecule has 2 N–H and O–H groups in total. The zero-order valence-electron chi connectivity index (χ0n) is 10.1. The lowest BCUT2D eigenvalue weighted by Crippen LogP contribution is -2.43. The maximum atomic E-state index is 11.5. The van der Waals surface area contributed by atoms with Gasteiger partial charge >= 0.3 is 6.03 Å². The Balaban J connectivity index is 2.13. The molecule has 1 fully saturated rings. The summed E-state index contributed by atoms with van der Waals surface area (Å²) in [6, 6.07) is -0.128. The Labute approximate surface area is 96.6 Å². The van der Waals surface area contributed by atoms with Crippen LogP contribution in [0.3, 0.4) is 0 Å². The minimum atomic E-state index is -0.128. The first-order valence-corrected chi connectivity index (χ1v) is 5.89. The Morgan fingerprint density at radius 3 is 2.38 bits per heavy atom. The van der Waals surface area contributed by atoms with Crippen LogP contribution < -0.4 is 10.6 Å². The van der Waals surface area contributed by atoms with E-state index in [4.69, 9.17) is 0 Å². The molecule has 0 aromatic carbocycles. The third-order valence-electron chi connectivity index (χ3n) is 2.50. The number of carbonyl (C=O) groups excluding carboxylic acids is 2. The molecule has 1 aliphatic rings. The largest absolute Gasteiger partial charge is 0.354 e. The van der Waals surface area contributed by atoms with Gasteiger partial charge in [-0.05, 0) is 18.8 Å². The van der Waals surface area contributed by atoms with Gasteiger partial charge in [0.25, 0.3) is 0 Å². The van der Waals surface area contributed by atoms with E-state index >= 15 is 0 Å². The molecule has 0 atom stereocenters. The highest BCUT2D eigenvalue weighted by molar-refractivity contribution is 5.83. The number of nitrogens with zero attached hydrogens (tertiary/aromatic N) is 1. The molecule has 1 heterocycles. The lowest BCUT2D eigenvalue weighted by Gasteiger charge is -2.16. The zero-order valence-corrected chi connectivity index (χ0v) is 10.1. The van der Waals surface area contributed by atoms with Crippen LogP contribution in [0.1, 0.15) is 26.7 Å². The van der Waals surface area contributed by atoms with E-state index < -0.39 is 0 Å². The lowest BCUT2D eigenvalue weighted by atomic mass is 10.2. The van der Waals surface area contributed by atoms with Crippen molar-refractivity contribution in [1.82, 2.24) is 15.5 Å². The Hall–Kier alpha value is -1.26. The Morgan fingerprint density at radius 1 is 1.19 bits per heavy atom. The highest BCUT2D eigenvalue weighted by atomic mass is 16.2. The van der Waals surface area contributed by atoms with E-state index in [9.17, 15) is 9.59 Å². The van der Waals surface area contributed by atoms with Gasteiger partial charge in [0, 0.05) is 19.6 Å². The van der Waals surface area contributed by atoms with Crippen LogP contribution in [0, 0.1) is 5.92 Å². The highest BCUT2D eigenvalue weighted by Gasteiger charge is 2.17. The van der Waals surface area contributed by atoms with Gasteiger partial charge in [-0.2, -0.15) is 0 Å². The molecular formula is C11H21N3O2. The number of hydrogen-bond acceptors (Lipinski definition) is 2. The van der Waals surface area contributed by atoms with Crippen molar-refractivity contribution >= 4 is 11.9 Å². The molecular weight excluding hydrogens is 206 g/mol. The van der Waals surface area contributed by atoms with E-state index in [-0.39, 0.29) is 18.5 Å². The summed E-state index contributed by atoms with van der Waals surface area (Å²) in [7, 11) is 0. The predicted molar refractivity (Wildman–Crippen MR) is 62.1 cm³/mol. The molecule has 0 spiro atoms. The van der Waals surface area contributed by atoms with Gasteiger partial charge in [-0.1, -0.05) is 13.8 Å². The number of likely N-dealkylation sites (tertiary alicyclic amines) is 1. The average Bonchev–Trinajstić information content (AvgIpc) is 2.76. The van der Waals surface area contributed by atoms with Gasteiger partial charge in [0.1, 0.15) is 0 Å². The average molecular weight is 227 g/mol. The Morgan fingerprint density at radius 2 is 1.81 bits per heavy atom. The normalized spacial score (nSPS) is 15.3. The standard InChI is InChI=1S/C11H21N3O2/c1-9(2)7-12-10(15)8-13-11(16)14-5-3-4-6-14/h9H,3-8H2,1-2H3,(H,12,15)(H,13,16). The SMILES string of the molecule is CC(C)CNC(=O)CNC(=O)N1CCCC1. The summed E-state index contributed by atoms with van der Waals surface area (Å²) in [5, 5.41) is 5.38. The van der Waals surface area contributed by atoms with Crippen molar-refractivity contribution in [2.75, 3.05) is 26.2 Å².